The van der Waals surface area contributed by atoms with Gasteiger partial charge in [-0.05, 0) is 26.0 Å². The number of methoxy groups -OCH3 is 1. The third-order valence-electron chi connectivity index (χ3n) is 3.80. The summed E-state index contributed by atoms with van der Waals surface area (Å²) in [6.07, 6.45) is 0.598. The fourth-order valence-corrected chi connectivity index (χ4v) is 2.74. The summed E-state index contributed by atoms with van der Waals surface area (Å²) in [5.41, 5.74) is -0.0813. The third kappa shape index (κ3) is 2.83. The van der Waals surface area contributed by atoms with Gasteiger partial charge in [-0.3, -0.25) is 9.69 Å². The largest absolute Gasteiger partial charge is 0.504 e. The van der Waals surface area contributed by atoms with Crippen molar-refractivity contribution >= 4 is 17.6 Å². The maximum absolute atomic E-state index is 11.2. The van der Waals surface area contributed by atoms with E-state index in [1.807, 2.05) is 4.90 Å². The Balaban J connectivity index is 2.16. The normalized spacial score (nSPS) is 22.9. The number of halogens is 1. The van der Waals surface area contributed by atoms with E-state index in [0.29, 0.717) is 42.4 Å². The third-order valence-corrected chi connectivity index (χ3v) is 4.02. The number of aliphatic carboxylic acids is 1. The first kappa shape index (κ1) is 14.9. The van der Waals surface area contributed by atoms with Gasteiger partial charge in [-0.2, -0.15) is 0 Å². The summed E-state index contributed by atoms with van der Waals surface area (Å²) in [6, 6.07) is 3.22. The van der Waals surface area contributed by atoms with E-state index >= 15 is 0 Å². The van der Waals surface area contributed by atoms with Crippen LogP contribution in [0, 0.1) is 5.41 Å². The highest BCUT2D eigenvalue weighted by molar-refractivity contribution is 6.30. The maximum Gasteiger partial charge on any atom is 0.310 e. The van der Waals surface area contributed by atoms with Crippen molar-refractivity contribution in [2.75, 3.05) is 20.2 Å². The summed E-state index contributed by atoms with van der Waals surface area (Å²) in [6.45, 7) is 3.33. The van der Waals surface area contributed by atoms with Gasteiger partial charge in [0.1, 0.15) is 0 Å². The Bertz CT molecular complexity index is 534. The number of carboxylic acid groups (broad SMARTS) is 1. The molecule has 2 N–H and O–H groups in total. The predicted octanol–water partition coefficient (Wildman–Crippen LogP) is 2.35. The zero-order valence-electron chi connectivity index (χ0n) is 11.5. The van der Waals surface area contributed by atoms with E-state index in [1.54, 1.807) is 19.1 Å². The lowest BCUT2D eigenvalue weighted by molar-refractivity contribution is -0.147. The van der Waals surface area contributed by atoms with Crippen molar-refractivity contribution < 1.29 is 19.7 Å². The summed E-state index contributed by atoms with van der Waals surface area (Å²) in [7, 11) is 1.46. The average Bonchev–Trinajstić information content (AvgIpc) is 2.76. The van der Waals surface area contributed by atoms with Gasteiger partial charge in [-0.25, -0.2) is 0 Å². The van der Waals surface area contributed by atoms with Crippen LogP contribution in [0.15, 0.2) is 12.1 Å². The second-order valence-corrected chi connectivity index (χ2v) is 5.88. The van der Waals surface area contributed by atoms with E-state index in [4.69, 9.17) is 16.3 Å². The van der Waals surface area contributed by atoms with Gasteiger partial charge in [0.05, 0.1) is 12.5 Å². The molecule has 0 saturated carbocycles. The van der Waals surface area contributed by atoms with E-state index in [0.717, 1.165) is 0 Å². The Morgan fingerprint density at radius 3 is 2.80 bits per heavy atom. The molecule has 6 heteroatoms. The fourth-order valence-electron chi connectivity index (χ4n) is 2.51. The van der Waals surface area contributed by atoms with Gasteiger partial charge >= 0.3 is 5.97 Å². The van der Waals surface area contributed by atoms with Crippen LogP contribution in [0.25, 0.3) is 0 Å². The first-order valence-corrected chi connectivity index (χ1v) is 6.74. The van der Waals surface area contributed by atoms with Crippen LogP contribution < -0.4 is 4.74 Å². The second kappa shape index (κ2) is 5.50. The second-order valence-electron chi connectivity index (χ2n) is 5.44. The maximum atomic E-state index is 11.2. The first-order chi connectivity index (χ1) is 9.35. The van der Waals surface area contributed by atoms with Crippen LogP contribution in [0.4, 0.5) is 0 Å². The van der Waals surface area contributed by atoms with Gasteiger partial charge in [0, 0.05) is 29.7 Å². The zero-order valence-corrected chi connectivity index (χ0v) is 12.3. The molecule has 1 saturated heterocycles. The van der Waals surface area contributed by atoms with E-state index in [9.17, 15) is 15.0 Å². The predicted molar refractivity (Wildman–Crippen MR) is 75.3 cm³/mol. The summed E-state index contributed by atoms with van der Waals surface area (Å²) < 4.78 is 5.06. The van der Waals surface area contributed by atoms with Gasteiger partial charge in [-0.1, -0.05) is 11.6 Å². The van der Waals surface area contributed by atoms with Crippen molar-refractivity contribution in [1.82, 2.24) is 4.90 Å². The molecule has 1 atom stereocenters. The van der Waals surface area contributed by atoms with Crippen LogP contribution in [0.3, 0.4) is 0 Å². The molecule has 0 aromatic heterocycles. The number of phenols is 1. The molecule has 2 rings (SSSR count). The summed E-state index contributed by atoms with van der Waals surface area (Å²) >= 11 is 5.99. The number of nitrogens with zero attached hydrogens (tertiary/aromatic N) is 1. The van der Waals surface area contributed by atoms with Crippen LogP contribution in [0.2, 0.25) is 5.02 Å². The Labute approximate surface area is 122 Å². The molecule has 1 unspecified atom stereocenters. The minimum Gasteiger partial charge on any atom is -0.504 e. The number of likely N-dealkylation sites (tertiary alicyclic amines) is 1. The standard InChI is InChI=1S/C14H18ClNO4/c1-14(13(18)19)3-4-16(8-14)7-9-5-10(15)6-11(20-2)12(9)17/h5-6,17H,3-4,7-8H2,1-2H3,(H,18,19). The SMILES string of the molecule is COc1cc(Cl)cc(CN2CCC(C)(C(=O)O)C2)c1O. The molecule has 1 aliphatic rings. The van der Waals surface area contributed by atoms with Crippen molar-refractivity contribution in [3.8, 4) is 11.5 Å². The molecular weight excluding hydrogens is 282 g/mol. The summed E-state index contributed by atoms with van der Waals surface area (Å²) in [4.78, 5) is 13.2. The number of ether oxygens (including phenoxy) is 1. The number of hydrogen-bond acceptors (Lipinski definition) is 4. The Hall–Kier alpha value is -1.46. The van der Waals surface area contributed by atoms with Crippen LogP contribution >= 0.6 is 11.6 Å². The van der Waals surface area contributed by atoms with Crippen molar-refractivity contribution in [2.45, 2.75) is 19.9 Å². The smallest absolute Gasteiger partial charge is 0.310 e. The van der Waals surface area contributed by atoms with Crippen molar-refractivity contribution in [3.05, 3.63) is 22.7 Å². The van der Waals surface area contributed by atoms with E-state index in [2.05, 4.69) is 0 Å². The van der Waals surface area contributed by atoms with Crippen molar-refractivity contribution in [3.63, 3.8) is 0 Å². The number of aromatic hydroxyl groups is 1. The van der Waals surface area contributed by atoms with Crippen molar-refractivity contribution in [2.24, 2.45) is 5.41 Å². The van der Waals surface area contributed by atoms with Crippen LogP contribution in [-0.2, 0) is 11.3 Å². The lowest BCUT2D eigenvalue weighted by Gasteiger charge is -2.21. The molecule has 1 heterocycles. The molecule has 0 aliphatic carbocycles. The molecule has 0 bridgehead atoms. The highest BCUT2D eigenvalue weighted by atomic mass is 35.5. The van der Waals surface area contributed by atoms with E-state index in [1.165, 1.54) is 7.11 Å². The first-order valence-electron chi connectivity index (χ1n) is 6.37. The highest BCUT2D eigenvalue weighted by Crippen LogP contribution is 2.36. The zero-order chi connectivity index (χ0) is 14.9. The molecule has 1 fully saturated rings. The Morgan fingerprint density at radius 2 is 2.25 bits per heavy atom. The van der Waals surface area contributed by atoms with Crippen LogP contribution in [-0.4, -0.2) is 41.3 Å². The summed E-state index contributed by atoms with van der Waals surface area (Å²) in [5.74, 6) is -0.401. The fraction of sp³-hybridized carbons (Fsp3) is 0.500. The highest BCUT2D eigenvalue weighted by Gasteiger charge is 2.40. The number of phenolic OH excluding ortho intramolecular Hbond substituents is 1. The lowest BCUT2D eigenvalue weighted by Crippen LogP contribution is -2.31. The van der Waals surface area contributed by atoms with Crippen LogP contribution in [0.1, 0.15) is 18.9 Å². The van der Waals surface area contributed by atoms with Crippen LogP contribution in [0.5, 0.6) is 11.5 Å². The molecule has 0 radical (unpaired) electrons. The quantitative estimate of drug-likeness (QED) is 0.893. The molecule has 20 heavy (non-hydrogen) atoms. The molecule has 5 nitrogen and oxygen atoms in total. The molecule has 1 aromatic rings. The molecule has 0 amide bonds. The van der Waals surface area contributed by atoms with E-state index in [-0.39, 0.29) is 5.75 Å². The number of carbonyl (C=O) groups is 1. The molecule has 0 spiro atoms. The van der Waals surface area contributed by atoms with Crippen molar-refractivity contribution in [1.29, 1.82) is 0 Å². The van der Waals surface area contributed by atoms with Gasteiger partial charge in [0.25, 0.3) is 0 Å². The summed E-state index contributed by atoms with van der Waals surface area (Å²) in [5, 5.41) is 19.8. The molecule has 110 valence electrons. The molecular formula is C14H18ClNO4. The minimum absolute atomic E-state index is 0.0563. The molecule has 1 aromatic carbocycles. The van der Waals surface area contributed by atoms with E-state index < -0.39 is 11.4 Å². The monoisotopic (exact) mass is 299 g/mol. The minimum atomic E-state index is -0.784. The number of carboxylic acids is 1. The molecule has 1 aliphatic heterocycles. The van der Waals surface area contributed by atoms with Gasteiger partial charge < -0.3 is 14.9 Å². The van der Waals surface area contributed by atoms with Gasteiger partial charge in [0.2, 0.25) is 0 Å². The topological polar surface area (TPSA) is 70.0 Å². The van der Waals surface area contributed by atoms with Gasteiger partial charge in [0.15, 0.2) is 11.5 Å². The average molecular weight is 300 g/mol. The number of rotatable bonds is 4. The lowest BCUT2D eigenvalue weighted by atomic mass is 9.90. The number of hydrogen-bond donors (Lipinski definition) is 2. The Morgan fingerprint density at radius 1 is 1.55 bits per heavy atom. The number of benzene rings is 1. The van der Waals surface area contributed by atoms with Gasteiger partial charge in [-0.15, -0.1) is 0 Å². The Kier molecular flexibility index (Phi) is 4.11.